The maximum atomic E-state index is 6.03. The summed E-state index contributed by atoms with van der Waals surface area (Å²) in [5.41, 5.74) is 9.85. The Bertz CT molecular complexity index is 542. The monoisotopic (exact) mass is 227 g/mol. The Morgan fingerprint density at radius 3 is 2.94 bits per heavy atom. The number of nitrogens with two attached hydrogens (primary N) is 1. The third-order valence-corrected chi connectivity index (χ3v) is 3.52. The normalized spacial score (nSPS) is 19.0. The summed E-state index contributed by atoms with van der Waals surface area (Å²) in [5, 5.41) is 4.52. The third kappa shape index (κ3) is 1.71. The molecule has 0 saturated carbocycles. The van der Waals surface area contributed by atoms with E-state index in [0.717, 1.165) is 17.9 Å². The van der Waals surface area contributed by atoms with Crippen molar-refractivity contribution >= 4 is 5.82 Å². The zero-order chi connectivity index (χ0) is 11.8. The van der Waals surface area contributed by atoms with Crippen molar-refractivity contribution in [3.05, 3.63) is 47.2 Å². The van der Waals surface area contributed by atoms with Crippen molar-refractivity contribution in [1.29, 1.82) is 0 Å². The van der Waals surface area contributed by atoms with Crippen LogP contribution in [-0.2, 0) is 6.42 Å². The second-order valence-electron chi connectivity index (χ2n) is 4.76. The average Bonchev–Trinajstić information content (AvgIpc) is 2.68. The lowest BCUT2D eigenvalue weighted by Crippen LogP contribution is -2.19. The Morgan fingerprint density at radius 1 is 1.35 bits per heavy atom. The number of nitrogen functional groups attached to an aromatic ring is 1. The van der Waals surface area contributed by atoms with Crippen LogP contribution in [0.4, 0.5) is 5.82 Å². The van der Waals surface area contributed by atoms with Gasteiger partial charge in [0, 0.05) is 6.07 Å². The number of rotatable bonds is 1. The van der Waals surface area contributed by atoms with Crippen molar-refractivity contribution in [2.75, 3.05) is 5.73 Å². The van der Waals surface area contributed by atoms with Gasteiger partial charge in [0.2, 0.25) is 0 Å². The van der Waals surface area contributed by atoms with E-state index in [4.69, 9.17) is 5.73 Å². The summed E-state index contributed by atoms with van der Waals surface area (Å²) < 4.78 is 1.98. The summed E-state index contributed by atoms with van der Waals surface area (Å²) in [7, 11) is 0. The van der Waals surface area contributed by atoms with E-state index in [-0.39, 0.29) is 0 Å². The summed E-state index contributed by atoms with van der Waals surface area (Å²) in [6.45, 7) is 1.99. The second kappa shape index (κ2) is 3.91. The van der Waals surface area contributed by atoms with Crippen LogP contribution < -0.4 is 5.73 Å². The number of hydrogen-bond acceptors (Lipinski definition) is 2. The lowest BCUT2D eigenvalue weighted by Gasteiger charge is -2.26. The lowest BCUT2D eigenvalue weighted by atomic mass is 9.88. The van der Waals surface area contributed by atoms with Gasteiger partial charge in [0.1, 0.15) is 5.82 Å². The van der Waals surface area contributed by atoms with Gasteiger partial charge in [0.25, 0.3) is 0 Å². The number of nitrogens with zero attached hydrogens (tertiary/aromatic N) is 2. The van der Waals surface area contributed by atoms with Crippen molar-refractivity contribution in [1.82, 2.24) is 9.78 Å². The van der Waals surface area contributed by atoms with Crippen LogP contribution in [0.1, 0.15) is 35.7 Å². The number of anilines is 1. The average molecular weight is 227 g/mol. The molecule has 0 radical (unpaired) electrons. The van der Waals surface area contributed by atoms with Gasteiger partial charge in [-0.05, 0) is 37.3 Å². The predicted molar refractivity (Wildman–Crippen MR) is 68.9 cm³/mol. The molecule has 0 aliphatic heterocycles. The quantitative estimate of drug-likeness (QED) is 0.814. The molecule has 1 atom stereocenters. The first-order valence-corrected chi connectivity index (χ1v) is 6.15. The van der Waals surface area contributed by atoms with Gasteiger partial charge >= 0.3 is 0 Å². The minimum Gasteiger partial charge on any atom is -0.384 e. The number of aromatic nitrogens is 2. The smallest absolute Gasteiger partial charge is 0.122 e. The van der Waals surface area contributed by atoms with Crippen LogP contribution in [-0.4, -0.2) is 9.78 Å². The molecule has 0 fully saturated rings. The topological polar surface area (TPSA) is 43.8 Å². The van der Waals surface area contributed by atoms with Crippen molar-refractivity contribution in [2.45, 2.75) is 32.2 Å². The van der Waals surface area contributed by atoms with Crippen molar-refractivity contribution in [3.8, 4) is 0 Å². The van der Waals surface area contributed by atoms with Crippen LogP contribution in [0.25, 0.3) is 0 Å². The first-order chi connectivity index (χ1) is 8.25. The lowest BCUT2D eigenvalue weighted by molar-refractivity contribution is 0.454. The molecule has 0 bridgehead atoms. The molecule has 17 heavy (non-hydrogen) atoms. The Morgan fingerprint density at radius 2 is 2.18 bits per heavy atom. The minimum atomic E-state index is 0.314. The molecule has 1 heterocycles. The molecule has 2 aromatic rings. The fourth-order valence-electron chi connectivity index (χ4n) is 2.77. The first kappa shape index (κ1) is 10.4. The summed E-state index contributed by atoms with van der Waals surface area (Å²) >= 11 is 0. The molecule has 0 amide bonds. The molecule has 88 valence electrons. The van der Waals surface area contributed by atoms with Crippen LogP contribution in [0.5, 0.6) is 0 Å². The summed E-state index contributed by atoms with van der Waals surface area (Å²) in [5.74, 6) is 0.768. The Balaban J connectivity index is 2.09. The van der Waals surface area contributed by atoms with Crippen LogP contribution in [0.3, 0.4) is 0 Å². The van der Waals surface area contributed by atoms with Gasteiger partial charge in [-0.2, -0.15) is 5.10 Å². The van der Waals surface area contributed by atoms with Gasteiger partial charge in [-0.3, -0.25) is 0 Å². The molecule has 1 aliphatic carbocycles. The van der Waals surface area contributed by atoms with Crippen LogP contribution in [0.2, 0.25) is 0 Å². The molecular formula is C14H17N3. The van der Waals surface area contributed by atoms with Gasteiger partial charge in [0.05, 0.1) is 11.7 Å². The molecule has 3 heteroatoms. The van der Waals surface area contributed by atoms with Gasteiger partial charge in [-0.25, -0.2) is 4.68 Å². The van der Waals surface area contributed by atoms with E-state index in [2.05, 4.69) is 29.4 Å². The zero-order valence-electron chi connectivity index (χ0n) is 10.1. The van der Waals surface area contributed by atoms with Gasteiger partial charge < -0.3 is 5.73 Å². The molecule has 1 aromatic carbocycles. The fraction of sp³-hybridized carbons (Fsp3) is 0.357. The highest BCUT2D eigenvalue weighted by Gasteiger charge is 2.23. The number of aryl methyl sites for hydroxylation is 2. The highest BCUT2D eigenvalue weighted by molar-refractivity contribution is 5.37. The van der Waals surface area contributed by atoms with E-state index >= 15 is 0 Å². The highest BCUT2D eigenvalue weighted by atomic mass is 15.3. The molecule has 3 nitrogen and oxygen atoms in total. The van der Waals surface area contributed by atoms with E-state index in [9.17, 15) is 0 Å². The summed E-state index contributed by atoms with van der Waals surface area (Å²) in [6.07, 6.45) is 3.51. The van der Waals surface area contributed by atoms with E-state index in [1.807, 2.05) is 17.7 Å². The van der Waals surface area contributed by atoms with Crippen molar-refractivity contribution in [2.24, 2.45) is 0 Å². The summed E-state index contributed by atoms with van der Waals surface area (Å²) in [4.78, 5) is 0. The first-order valence-electron chi connectivity index (χ1n) is 6.15. The Hall–Kier alpha value is -1.77. The van der Waals surface area contributed by atoms with Crippen LogP contribution in [0.15, 0.2) is 30.3 Å². The second-order valence-corrected chi connectivity index (χ2v) is 4.76. The van der Waals surface area contributed by atoms with E-state index in [1.165, 1.54) is 24.0 Å². The molecule has 0 spiro atoms. The fourth-order valence-corrected chi connectivity index (χ4v) is 2.77. The maximum Gasteiger partial charge on any atom is 0.122 e. The van der Waals surface area contributed by atoms with E-state index in [0.29, 0.717) is 6.04 Å². The van der Waals surface area contributed by atoms with Crippen LogP contribution in [0, 0.1) is 6.92 Å². The van der Waals surface area contributed by atoms with Crippen molar-refractivity contribution < 1.29 is 0 Å². The number of fused-ring (bicyclic) bond motifs is 1. The molecular weight excluding hydrogens is 210 g/mol. The highest BCUT2D eigenvalue weighted by Crippen LogP contribution is 2.33. The van der Waals surface area contributed by atoms with Crippen LogP contribution >= 0.6 is 0 Å². The largest absolute Gasteiger partial charge is 0.384 e. The molecule has 0 saturated heterocycles. The third-order valence-electron chi connectivity index (χ3n) is 3.52. The number of hydrogen-bond donors (Lipinski definition) is 1. The molecule has 3 rings (SSSR count). The summed E-state index contributed by atoms with van der Waals surface area (Å²) in [6, 6.07) is 10.9. The zero-order valence-corrected chi connectivity index (χ0v) is 10.1. The van der Waals surface area contributed by atoms with Gasteiger partial charge in [-0.15, -0.1) is 0 Å². The molecule has 1 aliphatic rings. The van der Waals surface area contributed by atoms with Gasteiger partial charge in [-0.1, -0.05) is 24.3 Å². The molecule has 1 aromatic heterocycles. The van der Waals surface area contributed by atoms with E-state index < -0.39 is 0 Å². The maximum absolute atomic E-state index is 6.03. The Labute approximate surface area is 101 Å². The predicted octanol–water partition coefficient (Wildman–Crippen LogP) is 2.70. The molecule has 1 unspecified atom stereocenters. The number of benzene rings is 1. The van der Waals surface area contributed by atoms with E-state index in [1.54, 1.807) is 0 Å². The minimum absolute atomic E-state index is 0.314. The standard InChI is InChI=1S/C14H17N3/c1-10-9-14(15)17(16-10)13-8-4-6-11-5-2-3-7-12(11)13/h2-3,5,7,9,13H,4,6,8,15H2,1H3. The van der Waals surface area contributed by atoms with Gasteiger partial charge in [0.15, 0.2) is 0 Å². The molecule has 2 N–H and O–H groups in total. The Kier molecular flexibility index (Phi) is 2.39. The SMILES string of the molecule is Cc1cc(N)n(C2CCCc3ccccc32)n1. The van der Waals surface area contributed by atoms with Crippen molar-refractivity contribution in [3.63, 3.8) is 0 Å².